The van der Waals surface area contributed by atoms with E-state index >= 15 is 0 Å². The number of nitrogens with zero attached hydrogens (tertiary/aromatic N) is 1. The third-order valence-corrected chi connectivity index (χ3v) is 2.82. The number of nitriles is 1. The highest BCUT2D eigenvalue weighted by Crippen LogP contribution is 2.19. The van der Waals surface area contributed by atoms with Crippen molar-refractivity contribution in [3.63, 3.8) is 0 Å². The predicted molar refractivity (Wildman–Crippen MR) is 73.7 cm³/mol. The van der Waals surface area contributed by atoms with Crippen LogP contribution >= 0.6 is 0 Å². The zero-order chi connectivity index (χ0) is 12.2. The van der Waals surface area contributed by atoms with Crippen molar-refractivity contribution in [3.05, 3.63) is 23.7 Å². The molecule has 0 aliphatic carbocycles. The summed E-state index contributed by atoms with van der Waals surface area (Å²) in [5.41, 5.74) is 1.53. The highest BCUT2D eigenvalue weighted by Gasteiger charge is 2.15. The molecule has 0 spiro atoms. The van der Waals surface area contributed by atoms with Crippen molar-refractivity contribution >= 4 is 6.71 Å². The lowest BCUT2D eigenvalue weighted by Gasteiger charge is -2.15. The summed E-state index contributed by atoms with van der Waals surface area (Å²) < 4.78 is 0. The third kappa shape index (κ3) is 6.51. The standard InChI is InChI=1S/C14H24BN/c1-4-9-14(10-7-8-13-16)15(11-5-2)12-6-3/h7-8,10H,4-6,9,11-12H2,1-3H3/b8-7-,14-10-. The quantitative estimate of drug-likeness (QED) is 0.330. The molecule has 0 saturated heterocycles. The molecule has 16 heavy (non-hydrogen) atoms. The molecule has 0 aliphatic heterocycles. The second-order valence-electron chi connectivity index (χ2n) is 4.25. The molecular weight excluding hydrogens is 193 g/mol. The number of hydrogen-bond acceptors (Lipinski definition) is 1. The van der Waals surface area contributed by atoms with Crippen LogP contribution in [-0.4, -0.2) is 6.71 Å². The summed E-state index contributed by atoms with van der Waals surface area (Å²) in [4.78, 5) is 0. The lowest BCUT2D eigenvalue weighted by Crippen LogP contribution is -2.15. The molecule has 88 valence electrons. The minimum Gasteiger partial charge on any atom is -0.193 e. The van der Waals surface area contributed by atoms with Gasteiger partial charge in [0.05, 0.1) is 6.07 Å². The van der Waals surface area contributed by atoms with Gasteiger partial charge in [0, 0.05) is 6.08 Å². The smallest absolute Gasteiger partial charge is 0.170 e. The van der Waals surface area contributed by atoms with Gasteiger partial charge in [-0.1, -0.05) is 64.8 Å². The van der Waals surface area contributed by atoms with Crippen molar-refractivity contribution in [3.8, 4) is 6.07 Å². The normalized spacial score (nSPS) is 11.8. The Hall–Kier alpha value is -0.965. The fourth-order valence-electron chi connectivity index (χ4n) is 2.14. The summed E-state index contributed by atoms with van der Waals surface area (Å²) in [7, 11) is 0. The molecule has 0 unspecified atom stereocenters. The molecule has 2 heteroatoms. The van der Waals surface area contributed by atoms with Gasteiger partial charge in [0.25, 0.3) is 0 Å². The second-order valence-corrected chi connectivity index (χ2v) is 4.25. The Labute approximate surface area is 101 Å². The van der Waals surface area contributed by atoms with E-state index in [0.29, 0.717) is 0 Å². The SMILES string of the molecule is CCCB(CCC)/C(=C\C=C/C#N)CCC. The van der Waals surface area contributed by atoms with Crippen molar-refractivity contribution < 1.29 is 0 Å². The molecule has 0 aromatic carbocycles. The van der Waals surface area contributed by atoms with Gasteiger partial charge >= 0.3 is 0 Å². The van der Waals surface area contributed by atoms with Gasteiger partial charge in [-0.3, -0.25) is 0 Å². The molecule has 0 aromatic rings. The molecule has 0 heterocycles. The summed E-state index contributed by atoms with van der Waals surface area (Å²) in [6.45, 7) is 7.43. The Morgan fingerprint density at radius 3 is 2.19 bits per heavy atom. The average molecular weight is 217 g/mol. The Morgan fingerprint density at radius 2 is 1.75 bits per heavy atom. The van der Waals surface area contributed by atoms with E-state index in [4.69, 9.17) is 5.26 Å². The first-order valence-electron chi connectivity index (χ1n) is 6.55. The Bertz CT molecular complexity index is 254. The van der Waals surface area contributed by atoms with Crippen molar-refractivity contribution in [2.45, 2.75) is 59.1 Å². The molecule has 0 rings (SSSR count). The van der Waals surface area contributed by atoms with E-state index in [0.717, 1.165) is 6.71 Å². The van der Waals surface area contributed by atoms with E-state index in [2.05, 4.69) is 26.8 Å². The van der Waals surface area contributed by atoms with Gasteiger partial charge in [0.1, 0.15) is 0 Å². The van der Waals surface area contributed by atoms with E-state index < -0.39 is 0 Å². The molecule has 0 radical (unpaired) electrons. The highest BCUT2D eigenvalue weighted by atomic mass is 14.2. The summed E-state index contributed by atoms with van der Waals surface area (Å²) in [6, 6.07) is 2.04. The molecule has 0 fully saturated rings. The van der Waals surface area contributed by atoms with E-state index in [9.17, 15) is 0 Å². The first-order valence-corrected chi connectivity index (χ1v) is 6.55. The van der Waals surface area contributed by atoms with Crippen molar-refractivity contribution in [2.24, 2.45) is 0 Å². The summed E-state index contributed by atoms with van der Waals surface area (Å²) in [5, 5.41) is 8.49. The lowest BCUT2D eigenvalue weighted by atomic mass is 9.38. The summed E-state index contributed by atoms with van der Waals surface area (Å²) >= 11 is 0. The maximum Gasteiger partial charge on any atom is 0.170 e. The van der Waals surface area contributed by atoms with Crippen LogP contribution in [0, 0.1) is 11.3 Å². The molecule has 0 aliphatic rings. The maximum atomic E-state index is 8.49. The van der Waals surface area contributed by atoms with Crippen molar-refractivity contribution in [2.75, 3.05) is 0 Å². The molecule has 0 N–H and O–H groups in total. The van der Waals surface area contributed by atoms with Crippen LogP contribution in [0.2, 0.25) is 12.6 Å². The number of allylic oxidation sites excluding steroid dienone is 4. The van der Waals surface area contributed by atoms with Crippen LogP contribution in [0.4, 0.5) is 0 Å². The van der Waals surface area contributed by atoms with Crippen LogP contribution in [0.1, 0.15) is 46.5 Å². The van der Waals surface area contributed by atoms with Gasteiger partial charge in [-0.05, 0) is 6.42 Å². The topological polar surface area (TPSA) is 23.8 Å². The van der Waals surface area contributed by atoms with Gasteiger partial charge in [-0.25, -0.2) is 0 Å². The zero-order valence-electron chi connectivity index (χ0n) is 11.0. The Morgan fingerprint density at radius 1 is 1.12 bits per heavy atom. The van der Waals surface area contributed by atoms with E-state index in [-0.39, 0.29) is 0 Å². The maximum absolute atomic E-state index is 8.49. The van der Waals surface area contributed by atoms with Gasteiger partial charge in [-0.2, -0.15) is 5.26 Å². The van der Waals surface area contributed by atoms with Crippen LogP contribution in [-0.2, 0) is 0 Å². The average Bonchev–Trinajstić information content (AvgIpc) is 2.28. The van der Waals surface area contributed by atoms with Crippen LogP contribution in [0.25, 0.3) is 0 Å². The Balaban J connectivity index is 4.61. The third-order valence-electron chi connectivity index (χ3n) is 2.82. The van der Waals surface area contributed by atoms with Crippen LogP contribution in [0.3, 0.4) is 0 Å². The van der Waals surface area contributed by atoms with Crippen molar-refractivity contribution in [1.29, 1.82) is 5.26 Å². The van der Waals surface area contributed by atoms with Gasteiger partial charge in [-0.15, -0.1) is 5.47 Å². The van der Waals surface area contributed by atoms with Gasteiger partial charge in [0.2, 0.25) is 0 Å². The van der Waals surface area contributed by atoms with E-state index in [1.54, 1.807) is 6.08 Å². The fourth-order valence-corrected chi connectivity index (χ4v) is 2.14. The second kappa shape index (κ2) is 10.5. The van der Waals surface area contributed by atoms with Crippen molar-refractivity contribution in [1.82, 2.24) is 0 Å². The molecule has 0 aromatic heterocycles. The molecule has 0 bridgehead atoms. The lowest BCUT2D eigenvalue weighted by molar-refractivity contribution is 0.921. The Kier molecular flexibility index (Phi) is 9.91. The van der Waals surface area contributed by atoms with Gasteiger partial charge in [0.15, 0.2) is 6.71 Å². The minimum absolute atomic E-state index is 0.721. The summed E-state index contributed by atoms with van der Waals surface area (Å²) in [5.74, 6) is 0. The molecule has 0 amide bonds. The molecule has 0 atom stereocenters. The monoisotopic (exact) mass is 217 g/mol. The van der Waals surface area contributed by atoms with Crippen LogP contribution in [0.15, 0.2) is 23.7 Å². The zero-order valence-corrected chi connectivity index (χ0v) is 11.0. The predicted octanol–water partition coefficient (Wildman–Crippen LogP) is 4.65. The van der Waals surface area contributed by atoms with Crippen LogP contribution in [0.5, 0.6) is 0 Å². The highest BCUT2D eigenvalue weighted by molar-refractivity contribution is 6.66. The minimum atomic E-state index is 0.721. The van der Waals surface area contributed by atoms with Crippen LogP contribution < -0.4 is 0 Å². The number of rotatable bonds is 8. The van der Waals surface area contributed by atoms with E-state index in [1.807, 2.05) is 12.1 Å². The van der Waals surface area contributed by atoms with E-state index in [1.165, 1.54) is 43.8 Å². The summed E-state index contributed by atoms with van der Waals surface area (Å²) in [6.07, 6.45) is 13.0. The molecule has 0 saturated carbocycles. The molecule has 1 nitrogen and oxygen atoms in total. The number of hydrogen-bond donors (Lipinski definition) is 0. The molecular formula is C14H24BN. The fraction of sp³-hybridized carbons (Fsp3) is 0.643. The first-order chi connectivity index (χ1) is 7.79. The van der Waals surface area contributed by atoms with Gasteiger partial charge < -0.3 is 0 Å². The first kappa shape index (κ1) is 15.0. The largest absolute Gasteiger partial charge is 0.193 e.